The smallest absolute Gasteiger partial charge is 0.507 e. The van der Waals surface area contributed by atoms with E-state index >= 15 is 0 Å². The Labute approximate surface area is 217 Å². The van der Waals surface area contributed by atoms with Crippen molar-refractivity contribution in [2.75, 3.05) is 11.5 Å². The third-order valence-corrected chi connectivity index (χ3v) is 5.92. The van der Waals surface area contributed by atoms with E-state index in [0.29, 0.717) is 17.9 Å². The molecule has 1 amide bonds. The number of hydrogen-bond acceptors (Lipinski definition) is 6. The number of carbonyl (C=O) groups is 2. The van der Waals surface area contributed by atoms with Gasteiger partial charge in [0, 0.05) is 29.7 Å². The summed E-state index contributed by atoms with van der Waals surface area (Å²) in [6, 6.07) is 13.2. The standard InChI is InChI=1S/C28H25F3N2O5/c1-2-3-4-15-37-21-12-10-18(11-13-21)25(34)23-24(19-7-6-14-32-17-19)33(27(36)26(23)35)20-8-5-9-22(16-20)38-28(29,30)31/h5-14,16-17,24,34H,2-4,15H2,1H3/b25-23+. The summed E-state index contributed by atoms with van der Waals surface area (Å²) >= 11 is 0. The number of anilines is 1. The first-order chi connectivity index (χ1) is 18.2. The third kappa shape index (κ3) is 5.96. The number of amides is 1. The molecule has 2 heterocycles. The maximum Gasteiger partial charge on any atom is 0.573 e. The Morgan fingerprint density at radius 2 is 1.79 bits per heavy atom. The Bertz CT molecular complexity index is 1320. The topological polar surface area (TPSA) is 89.0 Å². The molecule has 1 aliphatic rings. The van der Waals surface area contributed by atoms with Gasteiger partial charge in [0.1, 0.15) is 17.3 Å². The minimum absolute atomic E-state index is 0.0161. The average Bonchev–Trinajstić information content (AvgIpc) is 3.16. The van der Waals surface area contributed by atoms with Crippen molar-refractivity contribution in [1.29, 1.82) is 0 Å². The van der Waals surface area contributed by atoms with E-state index in [0.717, 1.165) is 36.3 Å². The molecule has 10 heteroatoms. The van der Waals surface area contributed by atoms with Crippen LogP contribution in [0.4, 0.5) is 18.9 Å². The number of aliphatic hydroxyl groups is 1. The van der Waals surface area contributed by atoms with Crippen molar-refractivity contribution in [3.63, 3.8) is 0 Å². The van der Waals surface area contributed by atoms with Crippen LogP contribution >= 0.6 is 0 Å². The summed E-state index contributed by atoms with van der Waals surface area (Å²) in [5.74, 6) is -2.40. The lowest BCUT2D eigenvalue weighted by atomic mass is 9.96. The highest BCUT2D eigenvalue weighted by Gasteiger charge is 2.47. The van der Waals surface area contributed by atoms with E-state index in [-0.39, 0.29) is 16.8 Å². The molecule has 0 saturated carbocycles. The van der Waals surface area contributed by atoms with Gasteiger partial charge in [0.05, 0.1) is 18.2 Å². The highest BCUT2D eigenvalue weighted by molar-refractivity contribution is 6.51. The fraction of sp³-hybridized carbons (Fsp3) is 0.250. The predicted molar refractivity (Wildman–Crippen MR) is 134 cm³/mol. The summed E-state index contributed by atoms with van der Waals surface area (Å²) in [5, 5.41) is 11.2. The van der Waals surface area contributed by atoms with Crippen molar-refractivity contribution in [1.82, 2.24) is 4.98 Å². The van der Waals surface area contributed by atoms with Gasteiger partial charge in [0.25, 0.3) is 11.7 Å². The molecule has 0 spiro atoms. The maximum absolute atomic E-state index is 13.2. The Kier molecular flexibility index (Phi) is 7.99. The molecule has 1 aromatic heterocycles. The summed E-state index contributed by atoms with van der Waals surface area (Å²) in [6.45, 7) is 2.63. The number of ether oxygens (including phenoxy) is 2. The van der Waals surface area contributed by atoms with E-state index in [1.165, 1.54) is 24.5 Å². The predicted octanol–water partition coefficient (Wildman–Crippen LogP) is 6.18. The van der Waals surface area contributed by atoms with Gasteiger partial charge in [-0.1, -0.05) is 31.9 Å². The van der Waals surface area contributed by atoms with Gasteiger partial charge in [-0.3, -0.25) is 19.5 Å². The molecule has 1 N–H and O–H groups in total. The van der Waals surface area contributed by atoms with Crippen LogP contribution in [0.25, 0.3) is 5.76 Å². The largest absolute Gasteiger partial charge is 0.573 e. The molecular formula is C28H25F3N2O5. The molecule has 0 bridgehead atoms. The molecular weight excluding hydrogens is 501 g/mol. The Morgan fingerprint density at radius 3 is 2.45 bits per heavy atom. The van der Waals surface area contributed by atoms with Gasteiger partial charge in [-0.15, -0.1) is 13.2 Å². The first kappa shape index (κ1) is 26.7. The number of aliphatic hydroxyl groups excluding tert-OH is 1. The summed E-state index contributed by atoms with van der Waals surface area (Å²) in [5.41, 5.74) is 0.414. The Morgan fingerprint density at radius 1 is 1.03 bits per heavy atom. The van der Waals surface area contributed by atoms with Gasteiger partial charge >= 0.3 is 6.36 Å². The third-order valence-electron chi connectivity index (χ3n) is 5.92. The van der Waals surface area contributed by atoms with E-state index in [9.17, 15) is 27.9 Å². The van der Waals surface area contributed by atoms with Crippen LogP contribution < -0.4 is 14.4 Å². The van der Waals surface area contributed by atoms with Crippen LogP contribution in [0, 0.1) is 0 Å². The number of benzene rings is 2. The van der Waals surface area contributed by atoms with Crippen LogP contribution in [0.3, 0.4) is 0 Å². The molecule has 1 saturated heterocycles. The highest BCUT2D eigenvalue weighted by Crippen LogP contribution is 2.43. The quantitative estimate of drug-likeness (QED) is 0.155. The normalized spacial score (nSPS) is 17.1. The number of unbranched alkanes of at least 4 members (excludes halogenated alkanes) is 2. The Balaban J connectivity index is 1.74. The lowest BCUT2D eigenvalue weighted by Gasteiger charge is -2.25. The number of carbonyl (C=O) groups excluding carboxylic acids is 2. The molecule has 1 atom stereocenters. The van der Waals surface area contributed by atoms with Gasteiger partial charge in [-0.25, -0.2) is 0 Å². The van der Waals surface area contributed by atoms with E-state index < -0.39 is 35.6 Å². The molecule has 198 valence electrons. The highest BCUT2D eigenvalue weighted by atomic mass is 19.4. The minimum Gasteiger partial charge on any atom is -0.507 e. The first-order valence-electron chi connectivity index (χ1n) is 12.0. The van der Waals surface area contributed by atoms with Crippen LogP contribution in [0.15, 0.2) is 78.6 Å². The molecule has 1 unspecified atom stereocenters. The van der Waals surface area contributed by atoms with Crippen molar-refractivity contribution in [2.24, 2.45) is 0 Å². The van der Waals surface area contributed by atoms with Crippen molar-refractivity contribution >= 4 is 23.1 Å². The molecule has 0 aliphatic carbocycles. The Hall–Kier alpha value is -4.34. The maximum atomic E-state index is 13.2. The second-order valence-electron chi connectivity index (χ2n) is 8.58. The number of alkyl halides is 3. The first-order valence-corrected chi connectivity index (χ1v) is 12.0. The second kappa shape index (κ2) is 11.4. The number of nitrogens with zero attached hydrogens (tertiary/aromatic N) is 2. The van der Waals surface area contributed by atoms with Gasteiger partial charge in [-0.2, -0.15) is 0 Å². The molecule has 0 radical (unpaired) electrons. The number of pyridine rings is 1. The minimum atomic E-state index is -4.94. The number of ketones is 1. The number of rotatable bonds is 9. The SMILES string of the molecule is CCCCCOc1ccc(/C(O)=C2\C(=O)C(=O)N(c3cccc(OC(F)(F)F)c3)C2c2cccnc2)cc1. The van der Waals surface area contributed by atoms with Crippen molar-refractivity contribution in [3.05, 3.63) is 89.8 Å². The lowest BCUT2D eigenvalue weighted by molar-refractivity contribution is -0.274. The second-order valence-corrected chi connectivity index (χ2v) is 8.58. The van der Waals surface area contributed by atoms with Gasteiger partial charge in [-0.05, 0) is 54.4 Å². The van der Waals surface area contributed by atoms with E-state index in [1.54, 1.807) is 36.4 Å². The average molecular weight is 527 g/mol. The van der Waals surface area contributed by atoms with E-state index in [2.05, 4.69) is 16.6 Å². The summed E-state index contributed by atoms with van der Waals surface area (Å²) < 4.78 is 48.1. The number of Topliss-reactive ketones (excluding diaryl/α,β-unsaturated/α-hetero) is 1. The zero-order valence-corrected chi connectivity index (χ0v) is 20.4. The fourth-order valence-electron chi connectivity index (χ4n) is 4.19. The number of hydrogen-bond donors (Lipinski definition) is 1. The molecule has 2 aromatic carbocycles. The van der Waals surface area contributed by atoms with Crippen LogP contribution in [0.1, 0.15) is 43.4 Å². The van der Waals surface area contributed by atoms with Gasteiger partial charge < -0.3 is 14.6 Å². The van der Waals surface area contributed by atoms with Crippen molar-refractivity contribution in [3.8, 4) is 11.5 Å². The van der Waals surface area contributed by atoms with E-state index in [1.807, 2.05) is 0 Å². The van der Waals surface area contributed by atoms with Crippen LogP contribution in [0.5, 0.6) is 11.5 Å². The summed E-state index contributed by atoms with van der Waals surface area (Å²) in [4.78, 5) is 31.5. The van der Waals surface area contributed by atoms with E-state index in [4.69, 9.17) is 4.74 Å². The summed E-state index contributed by atoms with van der Waals surface area (Å²) in [6.07, 6.45) is 0.972. The van der Waals surface area contributed by atoms with Crippen molar-refractivity contribution in [2.45, 2.75) is 38.6 Å². The molecule has 1 fully saturated rings. The van der Waals surface area contributed by atoms with Gasteiger partial charge in [0.2, 0.25) is 0 Å². The number of halogens is 3. The van der Waals surface area contributed by atoms with Crippen LogP contribution in [-0.2, 0) is 9.59 Å². The lowest BCUT2D eigenvalue weighted by Crippen LogP contribution is -2.29. The molecule has 38 heavy (non-hydrogen) atoms. The fourth-order valence-corrected chi connectivity index (χ4v) is 4.19. The molecule has 3 aromatic rings. The monoisotopic (exact) mass is 526 g/mol. The van der Waals surface area contributed by atoms with Gasteiger partial charge in [0.15, 0.2) is 0 Å². The summed E-state index contributed by atoms with van der Waals surface area (Å²) in [7, 11) is 0. The van der Waals surface area contributed by atoms with Crippen LogP contribution in [-0.4, -0.2) is 34.8 Å². The van der Waals surface area contributed by atoms with Crippen molar-refractivity contribution < 1.29 is 37.3 Å². The zero-order valence-electron chi connectivity index (χ0n) is 20.4. The zero-order chi connectivity index (χ0) is 27.3. The number of aromatic nitrogens is 1. The molecule has 4 rings (SSSR count). The van der Waals surface area contributed by atoms with Crippen LogP contribution in [0.2, 0.25) is 0 Å². The molecule has 1 aliphatic heterocycles. The molecule has 7 nitrogen and oxygen atoms in total.